The first-order valence-electron chi connectivity index (χ1n) is 5.42. The monoisotopic (exact) mass is 250 g/mol. The zero-order chi connectivity index (χ0) is 12.9. The predicted octanol–water partition coefficient (Wildman–Crippen LogP) is 2.07. The highest BCUT2D eigenvalue weighted by molar-refractivity contribution is 7.80. The van der Waals surface area contributed by atoms with Crippen molar-refractivity contribution in [2.24, 2.45) is 5.10 Å². The molecule has 0 aliphatic heterocycles. The van der Waals surface area contributed by atoms with Crippen molar-refractivity contribution in [3.8, 4) is 0 Å². The van der Waals surface area contributed by atoms with Gasteiger partial charge in [0.05, 0.1) is 11.4 Å². The SMILES string of the molecule is CC(=NNC(=S)NC(C)(C)C)c1ccccn1. The lowest BCUT2D eigenvalue weighted by Gasteiger charge is -2.21. The van der Waals surface area contributed by atoms with E-state index in [1.54, 1.807) is 6.20 Å². The summed E-state index contributed by atoms with van der Waals surface area (Å²) in [5.74, 6) is 0. The van der Waals surface area contributed by atoms with E-state index in [0.717, 1.165) is 11.4 Å². The van der Waals surface area contributed by atoms with Gasteiger partial charge in [-0.3, -0.25) is 10.4 Å². The second kappa shape index (κ2) is 5.72. The largest absolute Gasteiger partial charge is 0.357 e. The number of rotatable bonds is 2. The van der Waals surface area contributed by atoms with Gasteiger partial charge in [0, 0.05) is 11.7 Å². The lowest BCUT2D eigenvalue weighted by molar-refractivity contribution is 0.508. The Morgan fingerprint density at radius 3 is 2.59 bits per heavy atom. The molecule has 5 heteroatoms. The number of nitrogens with one attached hydrogen (secondary N) is 2. The van der Waals surface area contributed by atoms with Gasteiger partial charge in [-0.25, -0.2) is 0 Å². The van der Waals surface area contributed by atoms with Gasteiger partial charge < -0.3 is 5.32 Å². The number of hydrogen-bond donors (Lipinski definition) is 2. The Morgan fingerprint density at radius 2 is 2.06 bits per heavy atom. The Labute approximate surface area is 108 Å². The van der Waals surface area contributed by atoms with Crippen LogP contribution in [0.4, 0.5) is 0 Å². The molecule has 2 N–H and O–H groups in total. The molecule has 4 nitrogen and oxygen atoms in total. The van der Waals surface area contributed by atoms with Crippen LogP contribution >= 0.6 is 12.2 Å². The molecule has 92 valence electrons. The third kappa shape index (κ3) is 5.40. The second-order valence-corrected chi connectivity index (χ2v) is 5.14. The zero-order valence-electron chi connectivity index (χ0n) is 10.6. The van der Waals surface area contributed by atoms with Gasteiger partial charge in [0.2, 0.25) is 0 Å². The number of pyridine rings is 1. The molecule has 0 saturated heterocycles. The molecule has 0 aliphatic rings. The zero-order valence-corrected chi connectivity index (χ0v) is 11.4. The molecule has 0 radical (unpaired) electrons. The first-order valence-corrected chi connectivity index (χ1v) is 5.83. The van der Waals surface area contributed by atoms with E-state index in [0.29, 0.717) is 5.11 Å². The van der Waals surface area contributed by atoms with Crippen molar-refractivity contribution in [3.05, 3.63) is 30.1 Å². The van der Waals surface area contributed by atoms with E-state index in [4.69, 9.17) is 12.2 Å². The average Bonchev–Trinajstić information content (AvgIpc) is 2.25. The molecule has 0 unspecified atom stereocenters. The van der Waals surface area contributed by atoms with E-state index in [-0.39, 0.29) is 5.54 Å². The Morgan fingerprint density at radius 1 is 1.35 bits per heavy atom. The lowest BCUT2D eigenvalue weighted by Crippen LogP contribution is -2.44. The predicted molar refractivity (Wildman–Crippen MR) is 75.1 cm³/mol. The highest BCUT2D eigenvalue weighted by atomic mass is 32.1. The van der Waals surface area contributed by atoms with Gasteiger partial charge in [0.15, 0.2) is 5.11 Å². The summed E-state index contributed by atoms with van der Waals surface area (Å²) in [6, 6.07) is 5.70. The third-order valence-corrected chi connectivity index (χ3v) is 2.04. The van der Waals surface area contributed by atoms with Crippen LogP contribution in [0, 0.1) is 0 Å². The minimum absolute atomic E-state index is 0.0709. The van der Waals surface area contributed by atoms with Crippen LogP contribution in [0.2, 0.25) is 0 Å². The molecule has 1 aromatic heterocycles. The molecule has 17 heavy (non-hydrogen) atoms. The molecule has 0 fully saturated rings. The fourth-order valence-corrected chi connectivity index (χ4v) is 1.49. The first-order chi connectivity index (χ1) is 7.88. The van der Waals surface area contributed by atoms with Crippen molar-refractivity contribution < 1.29 is 0 Å². The Hall–Kier alpha value is -1.49. The maximum atomic E-state index is 5.12. The quantitative estimate of drug-likeness (QED) is 0.479. The standard InChI is InChI=1S/C12H18N4S/c1-9(10-7-5-6-8-13-10)15-16-11(17)14-12(2,3)4/h5-8H,1-4H3,(H2,14,16,17). The minimum atomic E-state index is -0.0709. The number of nitrogens with zero attached hydrogens (tertiary/aromatic N) is 2. The van der Waals surface area contributed by atoms with Crippen LogP contribution in [0.25, 0.3) is 0 Å². The topological polar surface area (TPSA) is 49.3 Å². The van der Waals surface area contributed by atoms with Crippen LogP contribution in [0.1, 0.15) is 33.4 Å². The molecule has 0 atom stereocenters. The Balaban J connectivity index is 2.57. The Bertz CT molecular complexity index is 406. The summed E-state index contributed by atoms with van der Waals surface area (Å²) in [7, 11) is 0. The fourth-order valence-electron chi connectivity index (χ4n) is 1.14. The molecule has 0 spiro atoms. The molecule has 1 rings (SSSR count). The molecule has 0 saturated carbocycles. The van der Waals surface area contributed by atoms with Crippen LogP contribution in [0.15, 0.2) is 29.5 Å². The van der Waals surface area contributed by atoms with E-state index >= 15 is 0 Å². The van der Waals surface area contributed by atoms with E-state index in [1.165, 1.54) is 0 Å². The van der Waals surface area contributed by atoms with Crippen molar-refractivity contribution >= 4 is 23.0 Å². The van der Waals surface area contributed by atoms with Crippen molar-refractivity contribution in [2.75, 3.05) is 0 Å². The summed E-state index contributed by atoms with van der Waals surface area (Å²) < 4.78 is 0. The van der Waals surface area contributed by atoms with Crippen molar-refractivity contribution in [1.29, 1.82) is 0 Å². The maximum Gasteiger partial charge on any atom is 0.187 e. The van der Waals surface area contributed by atoms with E-state index in [1.807, 2.05) is 45.9 Å². The molecule has 0 amide bonds. The van der Waals surface area contributed by atoms with Gasteiger partial charge in [-0.15, -0.1) is 0 Å². The molecule has 0 bridgehead atoms. The second-order valence-electron chi connectivity index (χ2n) is 4.73. The summed E-state index contributed by atoms with van der Waals surface area (Å²) in [5.41, 5.74) is 4.36. The highest BCUT2D eigenvalue weighted by Crippen LogP contribution is 1.98. The normalized spacial score (nSPS) is 12.1. The highest BCUT2D eigenvalue weighted by Gasteiger charge is 2.10. The summed E-state index contributed by atoms with van der Waals surface area (Å²) in [4.78, 5) is 4.20. The van der Waals surface area contributed by atoms with E-state index in [2.05, 4.69) is 20.8 Å². The van der Waals surface area contributed by atoms with Crippen molar-refractivity contribution in [3.63, 3.8) is 0 Å². The first kappa shape index (κ1) is 13.6. The molecule has 1 aromatic rings. The van der Waals surface area contributed by atoms with Crippen molar-refractivity contribution in [2.45, 2.75) is 33.2 Å². The number of hydrogen-bond acceptors (Lipinski definition) is 3. The van der Waals surface area contributed by atoms with E-state index in [9.17, 15) is 0 Å². The van der Waals surface area contributed by atoms with Gasteiger partial charge in [-0.2, -0.15) is 5.10 Å². The van der Waals surface area contributed by atoms with Gasteiger partial charge in [0.25, 0.3) is 0 Å². The maximum absolute atomic E-state index is 5.12. The molecule has 1 heterocycles. The van der Waals surface area contributed by atoms with Crippen LogP contribution in [-0.2, 0) is 0 Å². The van der Waals surface area contributed by atoms with Gasteiger partial charge in [0.1, 0.15) is 0 Å². The van der Waals surface area contributed by atoms with Crippen molar-refractivity contribution in [1.82, 2.24) is 15.7 Å². The van der Waals surface area contributed by atoms with Gasteiger partial charge in [-0.05, 0) is 52.0 Å². The minimum Gasteiger partial charge on any atom is -0.357 e. The summed E-state index contributed by atoms with van der Waals surface area (Å²) >= 11 is 5.12. The van der Waals surface area contributed by atoms with Gasteiger partial charge >= 0.3 is 0 Å². The molecule has 0 aromatic carbocycles. The van der Waals surface area contributed by atoms with Gasteiger partial charge in [-0.1, -0.05) is 6.07 Å². The summed E-state index contributed by atoms with van der Waals surface area (Å²) in [5, 5.41) is 7.80. The third-order valence-electron chi connectivity index (χ3n) is 1.85. The van der Waals surface area contributed by atoms with Crippen LogP contribution in [0.3, 0.4) is 0 Å². The Kier molecular flexibility index (Phi) is 4.57. The van der Waals surface area contributed by atoms with E-state index < -0.39 is 0 Å². The number of aromatic nitrogens is 1. The van der Waals surface area contributed by atoms with Crippen LogP contribution < -0.4 is 10.7 Å². The smallest absolute Gasteiger partial charge is 0.187 e. The van der Waals surface area contributed by atoms with Crippen LogP contribution in [-0.4, -0.2) is 21.3 Å². The fraction of sp³-hybridized carbons (Fsp3) is 0.417. The summed E-state index contributed by atoms with van der Waals surface area (Å²) in [6.07, 6.45) is 1.74. The number of hydrazone groups is 1. The molecular formula is C12H18N4S. The number of thiocarbonyl (C=S) groups is 1. The molecular weight excluding hydrogens is 232 g/mol. The van der Waals surface area contributed by atoms with Crippen LogP contribution in [0.5, 0.6) is 0 Å². The average molecular weight is 250 g/mol. The molecule has 0 aliphatic carbocycles. The lowest BCUT2D eigenvalue weighted by atomic mass is 10.1. The summed E-state index contributed by atoms with van der Waals surface area (Å²) in [6.45, 7) is 8.00.